The molecule has 3 aromatic heterocycles. The van der Waals surface area contributed by atoms with Gasteiger partial charge in [0.05, 0.1) is 31.4 Å². The Hall–Kier alpha value is -2.44. The number of hydrogen-bond acceptors (Lipinski definition) is 16. The Morgan fingerprint density at radius 3 is 2.25 bits per heavy atom. The molecule has 3 aliphatic rings. The number of nitrogens with zero attached hydrogens (tertiary/aromatic N) is 9. The molecule has 0 aromatic carbocycles. The topological polar surface area (TPSA) is 198 Å². The fourth-order valence-corrected chi connectivity index (χ4v) is 10.6. The van der Waals surface area contributed by atoms with Gasteiger partial charge in [0.1, 0.15) is 37.7 Å². The van der Waals surface area contributed by atoms with Crippen LogP contribution >= 0.6 is 18.7 Å². The van der Waals surface area contributed by atoms with Crippen LogP contribution in [0.4, 0.5) is 10.6 Å². The number of fused-ring (bicyclic) bond motifs is 2. The molecule has 5 atom stereocenters. The number of anilines is 1. The number of halogens is 1. The number of carbonyl (C=O) groups is 1. The lowest BCUT2D eigenvalue weighted by atomic mass is 10.1. The quantitative estimate of drug-likeness (QED) is 0.0433. The van der Waals surface area contributed by atoms with Crippen LogP contribution in [0.5, 0.6) is 0 Å². The van der Waals surface area contributed by atoms with Gasteiger partial charge in [0.2, 0.25) is 5.28 Å². The van der Waals surface area contributed by atoms with Crippen LogP contribution in [-0.4, -0.2) is 150 Å². The summed E-state index contributed by atoms with van der Waals surface area (Å²) in [6.45, 7) is 27.4. The van der Waals surface area contributed by atoms with E-state index in [4.69, 9.17) is 54.6 Å². The highest BCUT2D eigenvalue weighted by Crippen LogP contribution is 2.54. The first-order valence-corrected chi connectivity index (χ1v) is 32.8. The van der Waals surface area contributed by atoms with Gasteiger partial charge in [0.15, 0.2) is 41.4 Å². The van der Waals surface area contributed by atoms with Crippen molar-refractivity contribution in [3.05, 3.63) is 17.3 Å². The second kappa shape index (κ2) is 20.0. The van der Waals surface area contributed by atoms with Crippen LogP contribution < -0.4 is 4.90 Å². The molecule has 23 heteroatoms. The van der Waals surface area contributed by atoms with Gasteiger partial charge in [-0.15, -0.1) is 15.0 Å². The SMILES string of the molecule is CC(C)(C)OC(=O)N(c1nc(Cl)nc2c1cnn2[C@@H]1O[C@H](COC(COCC[Si](C)(C)C)(COCc2nnn(COCC[Si](C)(C)C)n2)P(C)(C)=O)[C@H]2OC(C)(C)O[C@H]21)C1CCCC1. The highest BCUT2D eigenvalue weighted by molar-refractivity contribution is 7.63. The number of rotatable bonds is 21. The molecule has 0 radical (unpaired) electrons. The molecule has 0 spiro atoms. The summed E-state index contributed by atoms with van der Waals surface area (Å²) in [6, 6.07) is 1.80. The zero-order valence-electron chi connectivity index (χ0n) is 40.1. The maximum absolute atomic E-state index is 14.5. The summed E-state index contributed by atoms with van der Waals surface area (Å²) < 4.78 is 66.7. The van der Waals surface area contributed by atoms with Crippen LogP contribution in [0.1, 0.15) is 72.4 Å². The van der Waals surface area contributed by atoms with Crippen molar-refractivity contribution in [2.75, 3.05) is 51.3 Å². The number of tetrazole rings is 1. The molecule has 5 heterocycles. The summed E-state index contributed by atoms with van der Waals surface area (Å²) in [5.41, 5.74) is -0.396. The normalized spacial score (nSPS) is 22.9. The van der Waals surface area contributed by atoms with Crippen molar-refractivity contribution >= 4 is 57.8 Å². The zero-order chi connectivity index (χ0) is 46.9. The minimum Gasteiger partial charge on any atom is -0.443 e. The Morgan fingerprint density at radius 1 is 0.969 bits per heavy atom. The Bertz CT molecular complexity index is 2100. The van der Waals surface area contributed by atoms with E-state index in [1.54, 1.807) is 29.1 Å². The van der Waals surface area contributed by atoms with E-state index in [9.17, 15) is 9.36 Å². The van der Waals surface area contributed by atoms with Crippen molar-refractivity contribution in [1.29, 1.82) is 0 Å². The van der Waals surface area contributed by atoms with Crippen LogP contribution in [0, 0.1) is 0 Å². The molecule has 2 saturated heterocycles. The van der Waals surface area contributed by atoms with E-state index >= 15 is 0 Å². The molecule has 64 heavy (non-hydrogen) atoms. The molecule has 3 aromatic rings. The Morgan fingerprint density at radius 2 is 1.61 bits per heavy atom. The first kappa shape index (κ1) is 51.0. The molecular formula is C41H71ClN9O10PSi2. The lowest BCUT2D eigenvalue weighted by Gasteiger charge is -2.38. The van der Waals surface area contributed by atoms with Crippen molar-refractivity contribution < 1.29 is 47.3 Å². The molecule has 2 aliphatic heterocycles. The van der Waals surface area contributed by atoms with Gasteiger partial charge in [0.25, 0.3) is 0 Å². The predicted molar refractivity (Wildman–Crippen MR) is 248 cm³/mol. The predicted octanol–water partition coefficient (Wildman–Crippen LogP) is 7.79. The van der Waals surface area contributed by atoms with Crippen molar-refractivity contribution in [1.82, 2.24) is 40.0 Å². The Balaban J connectivity index is 1.24. The van der Waals surface area contributed by atoms with Crippen molar-refractivity contribution in [3.63, 3.8) is 0 Å². The average Bonchev–Trinajstić information content (AvgIpc) is 4.00. The summed E-state index contributed by atoms with van der Waals surface area (Å²) in [5.74, 6) is -0.324. The maximum atomic E-state index is 14.5. The van der Waals surface area contributed by atoms with E-state index in [-0.39, 0.29) is 44.5 Å². The van der Waals surface area contributed by atoms with Gasteiger partial charge in [-0.3, -0.25) is 4.90 Å². The molecule has 19 nitrogen and oxygen atoms in total. The number of amides is 1. The summed E-state index contributed by atoms with van der Waals surface area (Å²) in [7, 11) is -5.84. The monoisotopic (exact) mass is 971 g/mol. The number of hydrogen-bond donors (Lipinski definition) is 0. The molecular weight excluding hydrogens is 901 g/mol. The third-order valence-corrected chi connectivity index (χ3v) is 17.3. The van der Waals surface area contributed by atoms with Gasteiger partial charge in [0, 0.05) is 35.4 Å². The maximum Gasteiger partial charge on any atom is 0.416 e. The third-order valence-electron chi connectivity index (χ3n) is 11.4. The van der Waals surface area contributed by atoms with E-state index in [0.29, 0.717) is 35.9 Å². The summed E-state index contributed by atoms with van der Waals surface area (Å²) >= 11 is 6.65. The molecule has 0 N–H and O–H groups in total. The lowest BCUT2D eigenvalue weighted by Crippen LogP contribution is -2.46. The number of ether oxygens (including phenoxy) is 8. The molecule has 3 fully saturated rings. The molecule has 1 amide bonds. The van der Waals surface area contributed by atoms with Crippen LogP contribution in [0.25, 0.3) is 11.0 Å². The summed E-state index contributed by atoms with van der Waals surface area (Å²) in [4.78, 5) is 26.0. The lowest BCUT2D eigenvalue weighted by molar-refractivity contribution is -0.208. The highest BCUT2D eigenvalue weighted by Gasteiger charge is 2.58. The van der Waals surface area contributed by atoms with Gasteiger partial charge in [-0.1, -0.05) is 52.1 Å². The van der Waals surface area contributed by atoms with Crippen LogP contribution in [0.15, 0.2) is 6.20 Å². The summed E-state index contributed by atoms with van der Waals surface area (Å²) in [6.07, 6.45) is 1.74. The second-order valence-electron chi connectivity index (χ2n) is 21.5. The first-order valence-electron chi connectivity index (χ1n) is 22.4. The second-order valence-corrected chi connectivity index (χ2v) is 36.5. The highest BCUT2D eigenvalue weighted by atomic mass is 35.5. The zero-order valence-corrected chi connectivity index (χ0v) is 43.7. The number of aromatic nitrogens is 8. The number of carbonyl (C=O) groups excluding carboxylic acids is 1. The molecule has 360 valence electrons. The van der Waals surface area contributed by atoms with Crippen LogP contribution in [0.3, 0.4) is 0 Å². The molecule has 1 saturated carbocycles. The van der Waals surface area contributed by atoms with Crippen molar-refractivity contribution in [2.24, 2.45) is 0 Å². The smallest absolute Gasteiger partial charge is 0.416 e. The first-order chi connectivity index (χ1) is 29.7. The fraction of sp³-hybridized carbons (Fsp3) is 0.829. The van der Waals surface area contributed by atoms with Crippen molar-refractivity contribution in [3.8, 4) is 0 Å². The average molecular weight is 973 g/mol. The van der Waals surface area contributed by atoms with Crippen LogP contribution in [0.2, 0.25) is 56.7 Å². The van der Waals surface area contributed by atoms with Gasteiger partial charge >= 0.3 is 6.09 Å². The van der Waals surface area contributed by atoms with E-state index in [0.717, 1.165) is 37.8 Å². The van der Waals surface area contributed by atoms with E-state index < -0.39 is 70.7 Å². The molecule has 1 unspecified atom stereocenters. The molecule has 6 rings (SSSR count). The van der Waals surface area contributed by atoms with Gasteiger partial charge in [-0.2, -0.15) is 15.1 Å². The largest absolute Gasteiger partial charge is 0.443 e. The Labute approximate surface area is 384 Å². The minimum absolute atomic E-state index is 0.00234. The summed E-state index contributed by atoms with van der Waals surface area (Å²) in [5, 5.41) is 16.5. The van der Waals surface area contributed by atoms with Gasteiger partial charge < -0.3 is 42.5 Å². The fourth-order valence-electron chi connectivity index (χ4n) is 7.78. The van der Waals surface area contributed by atoms with E-state index in [2.05, 4.69) is 64.7 Å². The third kappa shape index (κ3) is 13.2. The van der Waals surface area contributed by atoms with Gasteiger partial charge in [-0.05, 0) is 89.7 Å². The Kier molecular flexibility index (Phi) is 16.0. The van der Waals surface area contributed by atoms with Gasteiger partial charge in [-0.25, -0.2) is 9.48 Å². The van der Waals surface area contributed by atoms with E-state index in [1.807, 2.05) is 34.6 Å². The molecule has 0 bridgehead atoms. The van der Waals surface area contributed by atoms with Crippen LogP contribution in [-0.2, 0) is 55.8 Å². The van der Waals surface area contributed by atoms with E-state index in [1.165, 1.54) is 4.80 Å². The minimum atomic E-state index is -3.15. The standard InChI is InChI=1S/C41H71ClN9O10PSi2/c1-39(2,3)61-38(52)50(28-16-14-15-17-28)34-29-22-43-51(35(29)45-37(42)44-34)36-33-32(59-40(4,5)60-33)30(58-36)23-57-41(62(6,7)53,25-54-18-20-63(8,9)10)26-56-24-31-46-48-49(47-31)27-55-19-21-64(11,12)13/h22,28,30,32-33,36H,14-21,23-27H2,1-13H3/t30-,32-,33-,36-,41?/m1/s1. The molecule has 1 aliphatic carbocycles. The van der Waals surface area contributed by atoms with Crippen molar-refractivity contribution in [2.45, 2.75) is 172 Å².